The first-order valence-electron chi connectivity index (χ1n) is 15.7. The maximum atomic E-state index is 13.0. The maximum Gasteiger partial charge on any atom is 0.407 e. The second-order valence-corrected chi connectivity index (χ2v) is 13.2. The first-order valence-corrected chi connectivity index (χ1v) is 15.7. The molecule has 2 N–H and O–H groups in total. The van der Waals surface area contributed by atoms with Gasteiger partial charge in [-0.05, 0) is 64.2 Å². The number of carbonyl (C=O) groups excluding carboxylic acids is 3. The third-order valence-electron chi connectivity index (χ3n) is 8.90. The number of piperidine rings is 2. The summed E-state index contributed by atoms with van der Waals surface area (Å²) in [5.41, 5.74) is 1.98. The van der Waals surface area contributed by atoms with Gasteiger partial charge >= 0.3 is 11.8 Å². The van der Waals surface area contributed by atoms with E-state index in [1.165, 1.54) is 4.57 Å². The van der Waals surface area contributed by atoms with E-state index >= 15 is 0 Å². The molecule has 0 radical (unpaired) electrons. The molecule has 0 aliphatic carbocycles. The van der Waals surface area contributed by atoms with Gasteiger partial charge in [0, 0.05) is 78.4 Å². The van der Waals surface area contributed by atoms with Crippen LogP contribution in [0, 0.1) is 0 Å². The molecule has 5 rings (SSSR count). The highest BCUT2D eigenvalue weighted by atomic mass is 16.6. The molecule has 43 heavy (non-hydrogen) atoms. The molecule has 2 aromatic rings. The minimum absolute atomic E-state index is 0.186. The van der Waals surface area contributed by atoms with Crippen LogP contribution >= 0.6 is 0 Å². The van der Waals surface area contributed by atoms with Gasteiger partial charge in [-0.25, -0.2) is 9.59 Å². The van der Waals surface area contributed by atoms with Crippen molar-refractivity contribution in [3.8, 4) is 0 Å². The van der Waals surface area contributed by atoms with Crippen LogP contribution in [0.3, 0.4) is 0 Å². The van der Waals surface area contributed by atoms with Gasteiger partial charge in [-0.1, -0.05) is 6.07 Å². The van der Waals surface area contributed by atoms with Crippen LogP contribution in [0.15, 0.2) is 23.0 Å². The molecule has 3 fully saturated rings. The van der Waals surface area contributed by atoms with E-state index < -0.39 is 17.6 Å². The zero-order valence-electron chi connectivity index (χ0n) is 26.1. The van der Waals surface area contributed by atoms with E-state index in [0.717, 1.165) is 94.8 Å². The van der Waals surface area contributed by atoms with E-state index in [-0.39, 0.29) is 30.2 Å². The van der Waals surface area contributed by atoms with Crippen molar-refractivity contribution in [2.75, 3.05) is 58.9 Å². The average molecular weight is 598 g/mol. The molecule has 3 aliphatic rings. The summed E-state index contributed by atoms with van der Waals surface area (Å²) in [4.78, 5) is 56.7. The van der Waals surface area contributed by atoms with Crippen molar-refractivity contribution >= 4 is 28.9 Å². The summed E-state index contributed by atoms with van der Waals surface area (Å²) in [6.07, 6.45) is 3.05. The summed E-state index contributed by atoms with van der Waals surface area (Å²) in [5, 5.41) is 5.38. The highest BCUT2D eigenvalue weighted by molar-refractivity contribution is 6.00. The number of likely N-dealkylation sites (tertiary alicyclic amines) is 1. The van der Waals surface area contributed by atoms with Crippen molar-refractivity contribution in [3.63, 3.8) is 0 Å². The summed E-state index contributed by atoms with van der Waals surface area (Å²) >= 11 is 0. The van der Waals surface area contributed by atoms with E-state index in [4.69, 9.17) is 4.74 Å². The van der Waals surface area contributed by atoms with Gasteiger partial charge < -0.3 is 19.9 Å². The molecule has 1 aromatic carbocycles. The number of rotatable bonds is 8. The van der Waals surface area contributed by atoms with Crippen LogP contribution in [0.25, 0.3) is 11.0 Å². The third kappa shape index (κ3) is 7.84. The Labute approximate surface area is 253 Å². The molecule has 3 saturated heterocycles. The number of benzene rings is 1. The van der Waals surface area contributed by atoms with Crippen molar-refractivity contribution in [2.24, 2.45) is 7.05 Å². The molecule has 3 amide bonds. The molecular formula is C31H47N7O5. The summed E-state index contributed by atoms with van der Waals surface area (Å²) < 4.78 is 8.52. The smallest absolute Gasteiger partial charge is 0.407 e. The van der Waals surface area contributed by atoms with Crippen molar-refractivity contribution < 1.29 is 19.1 Å². The number of piperazine rings is 1. The number of fused-ring (bicyclic) bond motifs is 1. The molecule has 0 bridgehead atoms. The highest BCUT2D eigenvalue weighted by Gasteiger charge is 2.31. The standard InChI is InChI=1S/C31H47N7O5/c1-31(2,3)43-29(41)32-23-10-13-35(14-11-23)15-18-37-19-16-36(17-20-37)12-9-22-5-6-24-26(21-22)34(4)30(42)38(24)25-7-8-27(39)33-28(25)40/h5-6,21,23,25H,7-20H2,1-4H3,(H,32,41)(H,33,39,40). The molecule has 12 heteroatoms. The quantitative estimate of drug-likeness (QED) is 0.439. The molecule has 12 nitrogen and oxygen atoms in total. The third-order valence-corrected chi connectivity index (χ3v) is 8.90. The lowest BCUT2D eigenvalue weighted by Gasteiger charge is -2.37. The summed E-state index contributed by atoms with van der Waals surface area (Å²) in [6, 6.07) is 5.56. The van der Waals surface area contributed by atoms with Gasteiger partial charge in [0.05, 0.1) is 11.0 Å². The zero-order chi connectivity index (χ0) is 30.7. The van der Waals surface area contributed by atoms with Crippen molar-refractivity contribution in [3.05, 3.63) is 34.2 Å². The predicted octanol–water partition coefficient (Wildman–Crippen LogP) is 1.47. The molecule has 236 valence electrons. The lowest BCUT2D eigenvalue weighted by Crippen LogP contribution is -2.50. The van der Waals surface area contributed by atoms with Crippen LogP contribution in [-0.2, 0) is 27.8 Å². The number of imidazole rings is 1. The van der Waals surface area contributed by atoms with E-state index in [2.05, 4.69) is 31.4 Å². The first kappa shape index (κ1) is 31.2. The Hall–Kier alpha value is -3.22. The lowest BCUT2D eigenvalue weighted by atomic mass is 10.1. The monoisotopic (exact) mass is 597 g/mol. The molecule has 1 unspecified atom stereocenters. The van der Waals surface area contributed by atoms with E-state index in [0.29, 0.717) is 6.42 Å². The lowest BCUT2D eigenvalue weighted by molar-refractivity contribution is -0.135. The number of nitrogens with one attached hydrogen (secondary N) is 2. The number of amides is 3. The second kappa shape index (κ2) is 13.2. The van der Waals surface area contributed by atoms with Crippen LogP contribution in [0.2, 0.25) is 0 Å². The average Bonchev–Trinajstić information content (AvgIpc) is 3.20. The normalized spacial score (nSPS) is 21.7. The predicted molar refractivity (Wildman–Crippen MR) is 164 cm³/mol. The fourth-order valence-electron chi connectivity index (χ4n) is 6.38. The fourth-order valence-corrected chi connectivity index (χ4v) is 6.38. The fraction of sp³-hybridized carbons (Fsp3) is 0.677. The second-order valence-electron chi connectivity index (χ2n) is 13.2. The molecule has 0 spiro atoms. The molecule has 0 saturated carbocycles. The van der Waals surface area contributed by atoms with Crippen LogP contribution in [0.5, 0.6) is 0 Å². The number of alkyl carbamates (subject to hydrolysis) is 1. The van der Waals surface area contributed by atoms with Crippen molar-refractivity contribution in [1.29, 1.82) is 0 Å². The Balaban J connectivity index is 1.04. The number of ether oxygens (including phenoxy) is 1. The molecule has 1 aromatic heterocycles. The molecular weight excluding hydrogens is 550 g/mol. The van der Waals surface area contributed by atoms with Crippen LogP contribution in [-0.4, -0.2) is 112 Å². The zero-order valence-corrected chi connectivity index (χ0v) is 26.1. The van der Waals surface area contributed by atoms with Gasteiger partial charge in [-0.15, -0.1) is 0 Å². The van der Waals surface area contributed by atoms with Gasteiger partial charge in [0.25, 0.3) is 0 Å². The van der Waals surface area contributed by atoms with Crippen LogP contribution in [0.1, 0.15) is 58.1 Å². The van der Waals surface area contributed by atoms with Crippen molar-refractivity contribution in [1.82, 2.24) is 34.5 Å². The number of aromatic nitrogens is 2. The SMILES string of the molecule is Cn1c(=O)n(C2CCC(=O)NC2=O)c2ccc(CCN3CCN(CCN4CCC(NC(=O)OC(C)(C)C)CC4)CC3)cc21. The summed E-state index contributed by atoms with van der Waals surface area (Å²) in [7, 11) is 1.74. The minimum atomic E-state index is -0.663. The van der Waals surface area contributed by atoms with E-state index in [9.17, 15) is 19.2 Å². The number of carbonyl (C=O) groups is 3. The Bertz CT molecular complexity index is 1380. The number of nitrogens with zero attached hydrogens (tertiary/aromatic N) is 5. The molecule has 4 heterocycles. The van der Waals surface area contributed by atoms with E-state index in [1.807, 2.05) is 32.9 Å². The summed E-state index contributed by atoms with van der Waals surface area (Å²) in [6.45, 7) is 14.9. The Kier molecular flexibility index (Phi) is 9.57. The van der Waals surface area contributed by atoms with Crippen LogP contribution < -0.4 is 16.3 Å². The minimum Gasteiger partial charge on any atom is -0.444 e. The number of hydrogen-bond acceptors (Lipinski definition) is 8. The topological polar surface area (TPSA) is 121 Å². The highest BCUT2D eigenvalue weighted by Crippen LogP contribution is 2.24. The number of imide groups is 1. The van der Waals surface area contributed by atoms with E-state index in [1.54, 1.807) is 11.6 Å². The molecule has 1 atom stereocenters. The Morgan fingerprint density at radius 2 is 1.53 bits per heavy atom. The number of aryl methyl sites for hydroxylation is 1. The van der Waals surface area contributed by atoms with Crippen molar-refractivity contribution in [2.45, 2.75) is 70.6 Å². The van der Waals surface area contributed by atoms with Gasteiger partial charge in [0.1, 0.15) is 11.6 Å². The van der Waals surface area contributed by atoms with Crippen LogP contribution in [0.4, 0.5) is 4.79 Å². The van der Waals surface area contributed by atoms with Gasteiger partial charge in [0.2, 0.25) is 11.8 Å². The largest absolute Gasteiger partial charge is 0.444 e. The van der Waals surface area contributed by atoms with Gasteiger partial charge in [-0.2, -0.15) is 0 Å². The molecule has 3 aliphatic heterocycles. The Morgan fingerprint density at radius 1 is 0.907 bits per heavy atom. The van der Waals surface area contributed by atoms with Gasteiger partial charge in [-0.3, -0.25) is 28.9 Å². The first-order chi connectivity index (χ1) is 20.5. The number of hydrogen-bond donors (Lipinski definition) is 2. The summed E-state index contributed by atoms with van der Waals surface area (Å²) in [5.74, 6) is -0.699. The van der Waals surface area contributed by atoms with Gasteiger partial charge in [0.15, 0.2) is 0 Å². The Morgan fingerprint density at radius 3 is 2.16 bits per heavy atom. The maximum absolute atomic E-state index is 13.0.